The lowest BCUT2D eigenvalue weighted by atomic mass is 9.92. The normalized spacial score (nSPS) is 27.9. The Balaban J connectivity index is 0.00000210. The summed E-state index contributed by atoms with van der Waals surface area (Å²) in [6, 6.07) is 5.07. The summed E-state index contributed by atoms with van der Waals surface area (Å²) in [5.41, 5.74) is 0.593. The molecular formula is C19H24Cl3N3O2. The highest BCUT2D eigenvalue weighted by atomic mass is 35.5. The van der Waals surface area contributed by atoms with E-state index in [0.29, 0.717) is 40.5 Å². The van der Waals surface area contributed by atoms with Gasteiger partial charge in [0, 0.05) is 24.7 Å². The Morgan fingerprint density at radius 3 is 2.37 bits per heavy atom. The molecule has 148 valence electrons. The third-order valence-electron chi connectivity index (χ3n) is 6.03. The Morgan fingerprint density at radius 1 is 1.04 bits per heavy atom. The number of carbonyl (C=O) groups is 2. The molecule has 3 heterocycles. The third-order valence-corrected chi connectivity index (χ3v) is 6.59. The summed E-state index contributed by atoms with van der Waals surface area (Å²) in [4.78, 5) is 29.4. The minimum Gasteiger partial charge on any atom is -0.342 e. The Labute approximate surface area is 175 Å². The lowest BCUT2D eigenvalue weighted by molar-refractivity contribution is -0.139. The van der Waals surface area contributed by atoms with Crippen molar-refractivity contribution in [3.05, 3.63) is 28.2 Å². The fourth-order valence-electron chi connectivity index (χ4n) is 4.50. The maximum absolute atomic E-state index is 13.0. The molecule has 1 aromatic carbocycles. The first-order valence-electron chi connectivity index (χ1n) is 9.30. The molecule has 27 heavy (non-hydrogen) atoms. The number of hydrogen-bond acceptors (Lipinski definition) is 3. The Kier molecular flexibility index (Phi) is 6.57. The average molecular weight is 433 g/mol. The molecule has 0 spiro atoms. The lowest BCUT2D eigenvalue weighted by Gasteiger charge is -2.24. The van der Waals surface area contributed by atoms with Crippen LogP contribution in [0.1, 0.15) is 19.3 Å². The van der Waals surface area contributed by atoms with E-state index < -0.39 is 5.92 Å². The molecule has 3 aliphatic rings. The summed E-state index contributed by atoms with van der Waals surface area (Å²) in [7, 11) is 0. The van der Waals surface area contributed by atoms with Gasteiger partial charge >= 0.3 is 0 Å². The van der Waals surface area contributed by atoms with Gasteiger partial charge in [-0.3, -0.25) is 9.59 Å². The zero-order chi connectivity index (χ0) is 18.3. The number of amides is 2. The molecule has 3 saturated heterocycles. The SMILES string of the molecule is Cl.O=C(C1CCN(c2cc(Cl)ccc2Cl)C1=O)N1CC[C@@H]2CNC[C@@H]2CC1. The third kappa shape index (κ3) is 4.07. The van der Waals surface area contributed by atoms with Crippen LogP contribution >= 0.6 is 35.6 Å². The van der Waals surface area contributed by atoms with E-state index in [4.69, 9.17) is 23.2 Å². The number of carbonyl (C=O) groups excluding carboxylic acids is 2. The van der Waals surface area contributed by atoms with Crippen LogP contribution < -0.4 is 10.2 Å². The molecule has 1 aromatic rings. The second-order valence-corrected chi connectivity index (χ2v) is 8.35. The molecule has 0 aliphatic carbocycles. The second-order valence-electron chi connectivity index (χ2n) is 7.51. The fraction of sp³-hybridized carbons (Fsp3) is 0.579. The molecule has 0 radical (unpaired) electrons. The summed E-state index contributed by atoms with van der Waals surface area (Å²) in [6.07, 6.45) is 2.58. The first-order valence-corrected chi connectivity index (χ1v) is 10.1. The number of benzene rings is 1. The number of nitrogens with zero attached hydrogens (tertiary/aromatic N) is 2. The Hall–Kier alpha value is -1.01. The molecule has 0 bridgehead atoms. The van der Waals surface area contributed by atoms with Crippen LogP contribution in [0.4, 0.5) is 5.69 Å². The van der Waals surface area contributed by atoms with Crippen LogP contribution in [0.2, 0.25) is 10.0 Å². The molecule has 0 saturated carbocycles. The summed E-state index contributed by atoms with van der Waals surface area (Å²) in [5, 5.41) is 4.45. The highest BCUT2D eigenvalue weighted by Gasteiger charge is 2.41. The van der Waals surface area contributed by atoms with E-state index in [1.165, 1.54) is 0 Å². The van der Waals surface area contributed by atoms with Crippen LogP contribution in [0, 0.1) is 17.8 Å². The molecule has 1 unspecified atom stereocenters. The van der Waals surface area contributed by atoms with Crippen molar-refractivity contribution in [2.24, 2.45) is 17.8 Å². The number of nitrogens with one attached hydrogen (secondary N) is 1. The van der Waals surface area contributed by atoms with Gasteiger partial charge in [-0.2, -0.15) is 0 Å². The van der Waals surface area contributed by atoms with Crippen molar-refractivity contribution < 1.29 is 9.59 Å². The van der Waals surface area contributed by atoms with E-state index in [9.17, 15) is 9.59 Å². The summed E-state index contributed by atoms with van der Waals surface area (Å²) < 4.78 is 0. The van der Waals surface area contributed by atoms with Crippen LogP contribution in [0.5, 0.6) is 0 Å². The fourth-order valence-corrected chi connectivity index (χ4v) is 4.89. The van der Waals surface area contributed by atoms with Crippen molar-refractivity contribution in [3.8, 4) is 0 Å². The Morgan fingerprint density at radius 2 is 1.70 bits per heavy atom. The van der Waals surface area contributed by atoms with Crippen LogP contribution in [0.25, 0.3) is 0 Å². The number of likely N-dealkylation sites (tertiary alicyclic amines) is 1. The molecular weight excluding hydrogens is 409 g/mol. The smallest absolute Gasteiger partial charge is 0.239 e. The number of anilines is 1. The van der Waals surface area contributed by atoms with E-state index in [-0.39, 0.29) is 24.2 Å². The van der Waals surface area contributed by atoms with Crippen molar-refractivity contribution in [2.45, 2.75) is 19.3 Å². The van der Waals surface area contributed by atoms with E-state index in [0.717, 1.165) is 39.0 Å². The van der Waals surface area contributed by atoms with Crippen molar-refractivity contribution in [1.29, 1.82) is 0 Å². The van der Waals surface area contributed by atoms with Crippen molar-refractivity contribution in [1.82, 2.24) is 10.2 Å². The van der Waals surface area contributed by atoms with Gasteiger partial charge in [-0.1, -0.05) is 23.2 Å². The standard InChI is InChI=1S/C19H23Cl2N3O2.ClH/c20-14-1-2-16(21)17(9-14)24-8-5-15(19(24)26)18(25)23-6-3-12-10-22-11-13(12)4-7-23;/h1-2,9,12-13,15,22H,3-8,10-11H2;1H/t12-,13+,15?;. The van der Waals surface area contributed by atoms with E-state index in [1.54, 1.807) is 23.1 Å². The van der Waals surface area contributed by atoms with Crippen LogP contribution in [0.3, 0.4) is 0 Å². The van der Waals surface area contributed by atoms with Crippen molar-refractivity contribution in [3.63, 3.8) is 0 Å². The molecule has 5 nitrogen and oxygen atoms in total. The highest BCUT2D eigenvalue weighted by Crippen LogP contribution is 2.35. The van der Waals surface area contributed by atoms with Gasteiger partial charge in [0.05, 0.1) is 10.7 Å². The van der Waals surface area contributed by atoms with Gasteiger partial charge in [-0.25, -0.2) is 0 Å². The minimum atomic E-state index is -0.596. The lowest BCUT2D eigenvalue weighted by Crippen LogP contribution is -2.41. The number of hydrogen-bond donors (Lipinski definition) is 1. The predicted molar refractivity (Wildman–Crippen MR) is 110 cm³/mol. The average Bonchev–Trinajstić information content (AvgIpc) is 3.18. The van der Waals surface area contributed by atoms with E-state index >= 15 is 0 Å². The van der Waals surface area contributed by atoms with Gasteiger partial charge in [-0.15, -0.1) is 12.4 Å². The van der Waals surface area contributed by atoms with Crippen LogP contribution in [0.15, 0.2) is 18.2 Å². The first-order chi connectivity index (χ1) is 12.5. The van der Waals surface area contributed by atoms with E-state index in [1.807, 2.05) is 4.90 Å². The summed E-state index contributed by atoms with van der Waals surface area (Å²) in [5.74, 6) is 0.540. The van der Waals surface area contributed by atoms with Crippen molar-refractivity contribution in [2.75, 3.05) is 37.6 Å². The molecule has 1 N–H and O–H groups in total. The van der Waals surface area contributed by atoms with Gasteiger partial charge in [-0.05, 0) is 62.4 Å². The van der Waals surface area contributed by atoms with Gasteiger partial charge in [0.1, 0.15) is 5.92 Å². The van der Waals surface area contributed by atoms with Crippen molar-refractivity contribution >= 4 is 53.1 Å². The Bertz CT molecular complexity index is 716. The van der Waals surface area contributed by atoms with Gasteiger partial charge in [0.25, 0.3) is 0 Å². The number of fused-ring (bicyclic) bond motifs is 1. The van der Waals surface area contributed by atoms with Gasteiger partial charge < -0.3 is 15.1 Å². The predicted octanol–water partition coefficient (Wildman–Crippen LogP) is 3.23. The molecule has 2 amide bonds. The molecule has 3 fully saturated rings. The molecule has 0 aromatic heterocycles. The zero-order valence-electron chi connectivity index (χ0n) is 15.0. The van der Waals surface area contributed by atoms with Crippen LogP contribution in [-0.4, -0.2) is 49.4 Å². The number of rotatable bonds is 2. The maximum Gasteiger partial charge on any atom is 0.239 e. The van der Waals surface area contributed by atoms with Crippen LogP contribution in [-0.2, 0) is 9.59 Å². The first kappa shape index (κ1) is 20.7. The second kappa shape index (κ2) is 8.56. The molecule has 4 rings (SSSR count). The molecule has 8 heteroatoms. The molecule has 3 atom stereocenters. The topological polar surface area (TPSA) is 52.7 Å². The van der Waals surface area contributed by atoms with E-state index in [2.05, 4.69) is 5.32 Å². The molecule has 3 aliphatic heterocycles. The largest absolute Gasteiger partial charge is 0.342 e. The highest BCUT2D eigenvalue weighted by molar-refractivity contribution is 6.36. The zero-order valence-corrected chi connectivity index (χ0v) is 17.3. The maximum atomic E-state index is 13.0. The minimum absolute atomic E-state index is 0. The van der Waals surface area contributed by atoms with Gasteiger partial charge in [0.15, 0.2) is 0 Å². The van der Waals surface area contributed by atoms with Gasteiger partial charge in [0.2, 0.25) is 11.8 Å². The summed E-state index contributed by atoms with van der Waals surface area (Å²) in [6.45, 7) is 4.11. The number of halogens is 3. The summed E-state index contributed by atoms with van der Waals surface area (Å²) >= 11 is 12.3. The monoisotopic (exact) mass is 431 g/mol. The quantitative estimate of drug-likeness (QED) is 0.730.